The third-order valence-electron chi connectivity index (χ3n) is 7.18. The summed E-state index contributed by atoms with van der Waals surface area (Å²) in [6.07, 6.45) is 7.54. The predicted octanol–water partition coefficient (Wildman–Crippen LogP) is 2.47. The van der Waals surface area contributed by atoms with Crippen molar-refractivity contribution in [2.24, 2.45) is 17.8 Å². The fourth-order valence-electron chi connectivity index (χ4n) is 4.72. The van der Waals surface area contributed by atoms with Crippen LogP contribution in [0.15, 0.2) is 24.3 Å². The minimum atomic E-state index is -1.59. The number of ketones is 1. The van der Waals surface area contributed by atoms with E-state index < -0.39 is 19.0 Å². The van der Waals surface area contributed by atoms with Crippen LogP contribution in [0.2, 0.25) is 0 Å². The maximum absolute atomic E-state index is 13.2. The first-order valence-electron chi connectivity index (χ1n) is 11.6. The van der Waals surface area contributed by atoms with Crippen molar-refractivity contribution in [2.75, 3.05) is 11.4 Å². The molecule has 8 heteroatoms. The van der Waals surface area contributed by atoms with Crippen LogP contribution >= 0.6 is 0 Å². The van der Waals surface area contributed by atoms with Gasteiger partial charge in [-0.05, 0) is 55.4 Å². The highest BCUT2D eigenvalue weighted by atomic mass is 19.1. The van der Waals surface area contributed by atoms with E-state index in [1.807, 2.05) is 4.90 Å². The minimum absolute atomic E-state index is 0.0245. The summed E-state index contributed by atoms with van der Waals surface area (Å²) in [5, 5.41) is 22.3. The Hall–Kier alpha value is -1.93. The van der Waals surface area contributed by atoms with Crippen molar-refractivity contribution in [3.63, 3.8) is 0 Å². The molecule has 168 valence electrons. The van der Waals surface area contributed by atoms with Gasteiger partial charge in [0.15, 0.2) is 5.78 Å². The Balaban J connectivity index is 1.37. The summed E-state index contributed by atoms with van der Waals surface area (Å²) in [6, 6.07) is 5.85. The summed E-state index contributed by atoms with van der Waals surface area (Å²) in [5.74, 6) is -0.762. The van der Waals surface area contributed by atoms with Gasteiger partial charge in [0, 0.05) is 24.6 Å². The number of amides is 1. The molecule has 0 aromatic heterocycles. The molecule has 1 amide bonds. The van der Waals surface area contributed by atoms with Crippen LogP contribution in [0, 0.1) is 23.6 Å². The van der Waals surface area contributed by atoms with E-state index in [2.05, 4.69) is 5.32 Å². The second kappa shape index (κ2) is 9.69. The Morgan fingerprint density at radius 3 is 2.26 bits per heavy atom. The molecule has 2 aliphatic carbocycles. The summed E-state index contributed by atoms with van der Waals surface area (Å²) >= 11 is 0. The van der Waals surface area contributed by atoms with Crippen LogP contribution in [-0.4, -0.2) is 47.4 Å². The van der Waals surface area contributed by atoms with Crippen LogP contribution in [0.4, 0.5) is 10.1 Å². The molecular weight excluding hydrogens is 398 g/mol. The second-order valence-corrected chi connectivity index (χ2v) is 9.58. The zero-order valence-electron chi connectivity index (χ0n) is 17.9. The Morgan fingerprint density at radius 1 is 1.06 bits per heavy atom. The molecule has 31 heavy (non-hydrogen) atoms. The predicted molar refractivity (Wildman–Crippen MR) is 117 cm³/mol. The molecule has 1 heterocycles. The third-order valence-corrected chi connectivity index (χ3v) is 7.18. The molecule has 1 aromatic carbocycles. The number of hydrogen-bond acceptors (Lipinski definition) is 5. The van der Waals surface area contributed by atoms with E-state index in [1.54, 1.807) is 12.1 Å². The normalized spacial score (nSPS) is 22.8. The maximum Gasteiger partial charge on any atom is 0.475 e. The van der Waals surface area contributed by atoms with E-state index in [0.717, 1.165) is 50.8 Å². The molecular formula is C23H32BFN2O4. The van der Waals surface area contributed by atoms with Gasteiger partial charge >= 0.3 is 7.12 Å². The number of halogens is 1. The van der Waals surface area contributed by atoms with Crippen LogP contribution in [0.5, 0.6) is 0 Å². The van der Waals surface area contributed by atoms with Crippen LogP contribution in [0.25, 0.3) is 0 Å². The Labute approximate surface area is 183 Å². The smallest absolute Gasteiger partial charge is 0.426 e. The summed E-state index contributed by atoms with van der Waals surface area (Å²) in [6.45, 7) is 0.738. The van der Waals surface area contributed by atoms with Crippen molar-refractivity contribution >= 4 is 24.5 Å². The Bertz CT molecular complexity index is 782. The first kappa shape index (κ1) is 22.3. The van der Waals surface area contributed by atoms with Gasteiger partial charge in [0.1, 0.15) is 5.82 Å². The van der Waals surface area contributed by atoms with Crippen LogP contribution < -0.4 is 10.2 Å². The molecule has 3 atom stereocenters. The number of rotatable bonds is 11. The third kappa shape index (κ3) is 5.66. The van der Waals surface area contributed by atoms with Crippen molar-refractivity contribution in [3.8, 4) is 0 Å². The molecule has 6 nitrogen and oxygen atoms in total. The highest BCUT2D eigenvalue weighted by molar-refractivity contribution is 6.43. The topological polar surface area (TPSA) is 89.9 Å². The van der Waals surface area contributed by atoms with E-state index in [9.17, 15) is 24.0 Å². The molecule has 1 aliphatic heterocycles. The fraction of sp³-hybridized carbons (Fsp3) is 0.652. The maximum atomic E-state index is 13.2. The van der Waals surface area contributed by atoms with Crippen LogP contribution in [0.1, 0.15) is 57.8 Å². The molecule has 3 aliphatic rings. The number of nitrogens with zero attached hydrogens (tertiary/aromatic N) is 1. The first-order valence-corrected chi connectivity index (χ1v) is 11.6. The van der Waals surface area contributed by atoms with Crippen molar-refractivity contribution < 1.29 is 24.0 Å². The fourth-order valence-corrected chi connectivity index (χ4v) is 4.72. The van der Waals surface area contributed by atoms with E-state index >= 15 is 0 Å². The van der Waals surface area contributed by atoms with Gasteiger partial charge in [-0.2, -0.15) is 0 Å². The van der Waals surface area contributed by atoms with Gasteiger partial charge < -0.3 is 20.3 Å². The number of benzene rings is 1. The zero-order chi connectivity index (χ0) is 22.0. The molecule has 1 saturated heterocycles. The molecule has 0 spiro atoms. The number of hydrogen-bond donors (Lipinski definition) is 3. The van der Waals surface area contributed by atoms with Gasteiger partial charge in [0.25, 0.3) is 0 Å². The van der Waals surface area contributed by atoms with Gasteiger partial charge in [-0.1, -0.05) is 32.1 Å². The number of carbonyl (C=O) groups excluding carboxylic acids is 2. The minimum Gasteiger partial charge on any atom is -0.426 e. The molecule has 3 fully saturated rings. The van der Waals surface area contributed by atoms with Crippen molar-refractivity contribution in [2.45, 2.75) is 69.8 Å². The van der Waals surface area contributed by atoms with Gasteiger partial charge in [0.2, 0.25) is 5.91 Å². The quantitative estimate of drug-likeness (QED) is 0.470. The average molecular weight is 430 g/mol. The Kier molecular flexibility index (Phi) is 6.97. The molecule has 3 N–H and O–H groups in total. The van der Waals surface area contributed by atoms with Crippen molar-refractivity contribution in [1.29, 1.82) is 0 Å². The van der Waals surface area contributed by atoms with Crippen LogP contribution in [-0.2, 0) is 9.59 Å². The van der Waals surface area contributed by atoms with Crippen LogP contribution in [0.3, 0.4) is 0 Å². The number of nitrogens with one attached hydrogen (secondary N) is 1. The second-order valence-electron chi connectivity index (χ2n) is 9.58. The van der Waals surface area contributed by atoms with Crippen molar-refractivity contribution in [3.05, 3.63) is 30.1 Å². The zero-order valence-corrected chi connectivity index (χ0v) is 17.9. The number of anilines is 1. The number of carbonyl (C=O) groups is 2. The van der Waals surface area contributed by atoms with Gasteiger partial charge in [0.05, 0.1) is 12.0 Å². The molecule has 1 aromatic rings. The van der Waals surface area contributed by atoms with E-state index in [4.69, 9.17) is 0 Å². The average Bonchev–Trinajstić information content (AvgIpc) is 3.47. The summed E-state index contributed by atoms with van der Waals surface area (Å²) in [4.78, 5) is 28.0. The lowest BCUT2D eigenvalue weighted by Crippen LogP contribution is -2.54. The Morgan fingerprint density at radius 2 is 1.74 bits per heavy atom. The largest absolute Gasteiger partial charge is 0.475 e. The molecule has 3 unspecified atom stereocenters. The lowest BCUT2D eigenvalue weighted by atomic mass is 9.69. The highest BCUT2D eigenvalue weighted by Gasteiger charge is 2.39. The highest BCUT2D eigenvalue weighted by Crippen LogP contribution is 2.37. The monoisotopic (exact) mass is 430 g/mol. The van der Waals surface area contributed by atoms with E-state index in [1.165, 1.54) is 12.1 Å². The summed E-state index contributed by atoms with van der Waals surface area (Å²) in [5.41, 5.74) is 0.818. The van der Waals surface area contributed by atoms with Crippen molar-refractivity contribution in [1.82, 2.24) is 5.32 Å². The van der Waals surface area contributed by atoms with E-state index in [-0.39, 0.29) is 30.0 Å². The lowest BCUT2D eigenvalue weighted by molar-refractivity contribution is -0.131. The standard InChI is InChI=1S/C23H32BFN2O4/c25-18-6-8-19(9-7-18)27-11-10-20(27)21(28)14-17(12-16-4-5-16)23(29)26-22(24(30)31)13-15-2-1-3-15/h6-9,15-17,20,22,30-31H,1-5,10-14H2,(H,26,29). The molecule has 2 saturated carbocycles. The molecule has 0 bridgehead atoms. The van der Waals surface area contributed by atoms with Gasteiger partial charge in [-0.3, -0.25) is 9.59 Å². The van der Waals surface area contributed by atoms with Gasteiger partial charge in [-0.25, -0.2) is 4.39 Å². The molecule has 0 radical (unpaired) electrons. The van der Waals surface area contributed by atoms with Gasteiger partial charge in [-0.15, -0.1) is 0 Å². The first-order chi connectivity index (χ1) is 14.9. The summed E-state index contributed by atoms with van der Waals surface area (Å²) in [7, 11) is -1.59. The lowest BCUT2D eigenvalue weighted by Gasteiger charge is -2.42. The van der Waals surface area contributed by atoms with E-state index in [0.29, 0.717) is 24.7 Å². The number of Topliss-reactive ketones (excluding diaryl/α,β-unsaturated/α-hetero) is 1. The molecule has 4 rings (SSSR count). The summed E-state index contributed by atoms with van der Waals surface area (Å²) < 4.78 is 13.2. The SMILES string of the molecule is O=C(NC(CC1CCC1)B(O)O)C(CC(=O)C1CCN1c1ccc(F)cc1)CC1CC1.